The molecule has 0 spiro atoms. The summed E-state index contributed by atoms with van der Waals surface area (Å²) in [6, 6.07) is 2.74. The van der Waals surface area contributed by atoms with Gasteiger partial charge in [0.05, 0.1) is 34.1 Å². The van der Waals surface area contributed by atoms with Gasteiger partial charge in [0.25, 0.3) is 0 Å². The van der Waals surface area contributed by atoms with Gasteiger partial charge in [-0.3, -0.25) is 9.69 Å². The van der Waals surface area contributed by atoms with Gasteiger partial charge < -0.3 is 34.4 Å². The molecule has 0 bridgehead atoms. The fraction of sp³-hybridized carbons (Fsp3) is 0.625. The maximum Gasteiger partial charge on any atom is 0.318 e. The number of rotatable bonds is 9. The van der Waals surface area contributed by atoms with Gasteiger partial charge in [0.15, 0.2) is 11.6 Å². The maximum atomic E-state index is 15.1. The second kappa shape index (κ2) is 15.4. The smallest absolute Gasteiger partial charge is 0.318 e. The zero-order valence-corrected chi connectivity index (χ0v) is 30.9. The lowest BCUT2D eigenvalue weighted by Gasteiger charge is -2.45. The molecule has 13 heteroatoms. The number of aromatic nitrogens is 2. The molecule has 0 saturated carbocycles. The monoisotopic (exact) mass is 734 g/mol. The van der Waals surface area contributed by atoms with E-state index in [1.165, 1.54) is 12.1 Å². The molecule has 1 unspecified atom stereocenters. The number of carbonyl (C=O) groups excluding carboxylic acids is 1. The molecule has 3 fully saturated rings. The Morgan fingerprint density at radius 3 is 2.81 bits per heavy atom. The summed E-state index contributed by atoms with van der Waals surface area (Å²) in [5.74, 6) is 3.37. The minimum absolute atomic E-state index is 0.129. The molecule has 6 heterocycles. The number of β-amino-alcohol motifs (C(OH)–C–C–N with tert-alkyl or cyclic N) is 1. The topological polar surface area (TPSA) is 113 Å². The van der Waals surface area contributed by atoms with Gasteiger partial charge in [0.1, 0.15) is 25.2 Å². The van der Waals surface area contributed by atoms with Crippen LogP contribution in [0.2, 0.25) is 0 Å². The van der Waals surface area contributed by atoms with Crippen LogP contribution in [0, 0.1) is 24.1 Å². The van der Waals surface area contributed by atoms with Crippen molar-refractivity contribution in [2.24, 2.45) is 5.92 Å². The summed E-state index contributed by atoms with van der Waals surface area (Å²) >= 11 is 0. The number of anilines is 2. The van der Waals surface area contributed by atoms with Crippen molar-refractivity contribution in [3.05, 3.63) is 47.4 Å². The van der Waals surface area contributed by atoms with E-state index in [-0.39, 0.29) is 49.3 Å². The Hall–Kier alpha value is -3.99. The van der Waals surface area contributed by atoms with E-state index in [9.17, 15) is 9.90 Å². The Kier molecular flexibility index (Phi) is 10.8. The molecular formula is C40H52F2N6O5. The number of hydrogen-bond acceptors (Lipinski definition) is 10. The average Bonchev–Trinajstić information content (AvgIpc) is 3.26. The number of terminal acetylenes is 1. The van der Waals surface area contributed by atoms with Crippen molar-refractivity contribution in [1.29, 1.82) is 0 Å². The van der Waals surface area contributed by atoms with Crippen LogP contribution < -0.4 is 24.6 Å². The fourth-order valence-electron chi connectivity index (χ4n) is 8.88. The summed E-state index contributed by atoms with van der Waals surface area (Å²) in [6.07, 6.45) is 11.8. The van der Waals surface area contributed by atoms with Crippen LogP contribution in [0.25, 0.3) is 0 Å². The lowest BCUT2D eigenvalue weighted by Crippen LogP contribution is -2.54. The summed E-state index contributed by atoms with van der Waals surface area (Å²) in [5, 5.41) is 14.4. The van der Waals surface area contributed by atoms with Crippen LogP contribution in [0.15, 0.2) is 24.8 Å². The molecule has 5 atom stereocenters. The minimum Gasteiger partial charge on any atom is -0.486 e. The molecule has 3 saturated heterocycles. The highest BCUT2D eigenvalue weighted by molar-refractivity contribution is 5.87. The Balaban J connectivity index is 1.21. The number of halogens is 2. The minimum atomic E-state index is -1.08. The fourth-order valence-corrected chi connectivity index (χ4v) is 8.88. The molecule has 11 nitrogen and oxygen atoms in total. The second-order valence-electron chi connectivity index (χ2n) is 16.0. The van der Waals surface area contributed by atoms with E-state index in [4.69, 9.17) is 30.6 Å². The molecule has 53 heavy (non-hydrogen) atoms. The SMILES string of the molecule is C#Cc1c(F)ccc2c1N([C@H]1COc3c(nc(OC[C@]4(C)C[C@@H](F)CN4CC4CCOCC4)nc3N3CCCCC(NC(=O)C=C)C3)C1)C[C@@](C)(O)C2. The van der Waals surface area contributed by atoms with E-state index in [0.717, 1.165) is 57.4 Å². The van der Waals surface area contributed by atoms with E-state index < -0.39 is 23.1 Å². The predicted molar refractivity (Wildman–Crippen MR) is 198 cm³/mol. The van der Waals surface area contributed by atoms with Crippen molar-refractivity contribution >= 4 is 17.4 Å². The van der Waals surface area contributed by atoms with E-state index in [1.54, 1.807) is 13.0 Å². The zero-order valence-electron chi connectivity index (χ0n) is 30.9. The van der Waals surface area contributed by atoms with E-state index in [1.807, 2.05) is 11.8 Å². The molecule has 0 aliphatic carbocycles. The van der Waals surface area contributed by atoms with Gasteiger partial charge in [-0.25, -0.2) is 8.78 Å². The number of nitrogens with zero attached hydrogens (tertiary/aromatic N) is 5. The van der Waals surface area contributed by atoms with Crippen LogP contribution >= 0.6 is 0 Å². The van der Waals surface area contributed by atoms with Crippen LogP contribution in [-0.2, 0) is 22.4 Å². The normalized spacial score (nSPS) is 29.3. The van der Waals surface area contributed by atoms with Gasteiger partial charge in [-0.1, -0.05) is 18.6 Å². The quantitative estimate of drug-likeness (QED) is 0.290. The Morgan fingerprint density at radius 2 is 2.04 bits per heavy atom. The number of amides is 1. The van der Waals surface area contributed by atoms with E-state index >= 15 is 8.78 Å². The molecule has 7 rings (SSSR count). The summed E-state index contributed by atoms with van der Waals surface area (Å²) in [5.41, 5.74) is 0.497. The molecule has 5 aliphatic rings. The summed E-state index contributed by atoms with van der Waals surface area (Å²) in [6.45, 7) is 11.9. The molecule has 2 N–H and O–H groups in total. The van der Waals surface area contributed by atoms with Gasteiger partial charge >= 0.3 is 6.01 Å². The van der Waals surface area contributed by atoms with Gasteiger partial charge in [0.2, 0.25) is 5.91 Å². The van der Waals surface area contributed by atoms with Crippen LogP contribution in [0.5, 0.6) is 11.8 Å². The van der Waals surface area contributed by atoms with E-state index in [2.05, 4.69) is 27.6 Å². The Morgan fingerprint density at radius 1 is 1.23 bits per heavy atom. The number of hydrogen-bond donors (Lipinski definition) is 2. The second-order valence-corrected chi connectivity index (χ2v) is 16.0. The largest absolute Gasteiger partial charge is 0.486 e. The summed E-state index contributed by atoms with van der Waals surface area (Å²) in [4.78, 5) is 28.5. The molecule has 1 aromatic heterocycles. The molecular weight excluding hydrogens is 682 g/mol. The van der Waals surface area contributed by atoms with Crippen molar-refractivity contribution in [1.82, 2.24) is 20.2 Å². The Bertz CT molecular complexity index is 1730. The number of ether oxygens (including phenoxy) is 3. The highest BCUT2D eigenvalue weighted by Crippen LogP contribution is 2.42. The third-order valence-corrected chi connectivity index (χ3v) is 11.6. The maximum absolute atomic E-state index is 15.1. The van der Waals surface area contributed by atoms with Gasteiger partial charge in [-0.15, -0.1) is 6.42 Å². The number of likely N-dealkylation sites (tertiary alicyclic amines) is 1. The third-order valence-electron chi connectivity index (χ3n) is 11.6. The number of aliphatic hydroxyl groups is 1. The highest BCUT2D eigenvalue weighted by atomic mass is 19.1. The predicted octanol–water partition coefficient (Wildman–Crippen LogP) is 3.98. The van der Waals surface area contributed by atoms with Crippen LogP contribution in [-0.4, -0.2) is 114 Å². The van der Waals surface area contributed by atoms with Crippen LogP contribution in [0.1, 0.15) is 69.2 Å². The van der Waals surface area contributed by atoms with Crippen molar-refractivity contribution < 1.29 is 32.9 Å². The first-order chi connectivity index (χ1) is 25.4. The molecule has 1 amide bonds. The first kappa shape index (κ1) is 37.3. The van der Waals surface area contributed by atoms with Crippen molar-refractivity contribution in [3.63, 3.8) is 0 Å². The lowest BCUT2D eigenvalue weighted by atomic mass is 9.86. The van der Waals surface area contributed by atoms with Crippen molar-refractivity contribution in [2.45, 2.75) is 94.6 Å². The molecule has 1 aromatic carbocycles. The van der Waals surface area contributed by atoms with Gasteiger partial charge in [-0.05, 0) is 69.6 Å². The number of alkyl halides is 1. The third kappa shape index (κ3) is 8.10. The summed E-state index contributed by atoms with van der Waals surface area (Å²) < 4.78 is 48.7. The lowest BCUT2D eigenvalue weighted by molar-refractivity contribution is -0.117. The summed E-state index contributed by atoms with van der Waals surface area (Å²) in [7, 11) is 0. The van der Waals surface area contributed by atoms with Gasteiger partial charge in [0, 0.05) is 71.2 Å². The first-order valence-electron chi connectivity index (χ1n) is 19.0. The highest BCUT2D eigenvalue weighted by Gasteiger charge is 2.45. The van der Waals surface area contributed by atoms with Crippen LogP contribution in [0.3, 0.4) is 0 Å². The average molecular weight is 735 g/mol. The number of carbonyl (C=O) groups is 1. The molecule has 286 valence electrons. The number of nitrogens with one attached hydrogen (secondary N) is 1. The standard InChI is InChI=1S/C40H52F2N6O5/c1-5-31-32(42)11-10-27-18-40(4,50)24-48(35(27)31)30-17-33-36(52-23-30)37(46-14-8-7-9-29(22-46)43-34(49)6-2)45-38(44-33)53-25-39(3)19-28(41)21-47(39)20-26-12-15-51-16-13-26/h1,6,10-11,26,28-30,50H,2,7-9,12-25H2,3-4H3,(H,43,49)/t28-,29?,30-,39+,40+/m1/s1. The van der Waals surface area contributed by atoms with Crippen molar-refractivity contribution in [3.8, 4) is 24.1 Å². The van der Waals surface area contributed by atoms with Crippen molar-refractivity contribution in [2.75, 3.05) is 69.0 Å². The van der Waals surface area contributed by atoms with E-state index in [0.29, 0.717) is 67.8 Å². The van der Waals surface area contributed by atoms with Gasteiger partial charge in [-0.2, -0.15) is 9.97 Å². The van der Waals surface area contributed by atoms with Crippen LogP contribution in [0.4, 0.5) is 20.3 Å². The Labute approximate surface area is 311 Å². The number of fused-ring (bicyclic) bond motifs is 2. The molecule has 2 aromatic rings. The zero-order chi connectivity index (χ0) is 37.3. The first-order valence-corrected chi connectivity index (χ1v) is 19.0. The number of benzene rings is 1. The molecule has 5 aliphatic heterocycles. The molecule has 0 radical (unpaired) electrons.